The molecule has 0 N–H and O–H groups in total. The van der Waals surface area contributed by atoms with E-state index in [2.05, 4.69) is 26.2 Å². The molecule has 6 unspecified atom stereocenters. The van der Waals surface area contributed by atoms with Crippen LogP contribution in [0.5, 0.6) is 0 Å². The molecule has 4 saturated heterocycles. The molecule has 0 aromatic rings. The van der Waals surface area contributed by atoms with Gasteiger partial charge in [0.25, 0.3) is 0 Å². The molecule has 4 rings (SSSR count). The first kappa shape index (κ1) is 40.2. The Morgan fingerprint density at radius 3 is 1.30 bits per heavy atom. The maximum Gasteiger partial charge on any atom is 0.324 e. The van der Waals surface area contributed by atoms with Gasteiger partial charge in [-0.15, -0.1) is 0 Å². The predicted molar refractivity (Wildman–Crippen MR) is 194 cm³/mol. The fourth-order valence-electron chi connectivity index (χ4n) is 6.89. The van der Waals surface area contributed by atoms with Crippen LogP contribution in [0.2, 0.25) is 62.5 Å². The molecule has 4 aliphatic rings. The Bertz CT molecular complexity index is 792. The molecule has 4 fully saturated rings. The summed E-state index contributed by atoms with van der Waals surface area (Å²) in [6.07, 6.45) is 10.5. The molecule has 6 atom stereocenters. The van der Waals surface area contributed by atoms with Crippen molar-refractivity contribution in [3.05, 3.63) is 0 Å². The zero-order chi connectivity index (χ0) is 33.3. The summed E-state index contributed by atoms with van der Waals surface area (Å²) in [7, 11) is -8.00. The molecule has 276 valence electrons. The maximum absolute atomic E-state index is 6.98. The molecule has 0 saturated carbocycles. The Morgan fingerprint density at radius 2 is 0.872 bits per heavy atom. The second-order valence-corrected chi connectivity index (χ2v) is 30.6. The van der Waals surface area contributed by atoms with Gasteiger partial charge >= 0.3 is 17.1 Å². The van der Waals surface area contributed by atoms with Crippen LogP contribution in [-0.2, 0) is 45.5 Å². The van der Waals surface area contributed by atoms with Crippen molar-refractivity contribution in [2.45, 2.75) is 132 Å². The molecule has 0 bridgehead atoms. The standard InChI is InChI=1S/C33H68O10Si4/c1-44(22-7-5-21-41-47(4,42-44)27-13-19-37-29-33-31-39-33)24-10-16-34-14-9-15-35-17-12-26-46(3)40-20-6-8-23-45(2,43-46)25-11-18-36-28-32-30-38-32/h32-33H,5-31H2,1-4H3. The molecule has 0 spiro atoms. The van der Waals surface area contributed by atoms with Crippen molar-refractivity contribution in [3.8, 4) is 0 Å². The minimum atomic E-state index is -2.20. The lowest BCUT2D eigenvalue weighted by atomic mass is 10.4. The first-order chi connectivity index (χ1) is 22.7. The minimum Gasteiger partial charge on any atom is -0.436 e. The number of hydrogen-bond acceptors (Lipinski definition) is 10. The Kier molecular flexibility index (Phi) is 18.1. The van der Waals surface area contributed by atoms with E-state index in [1.54, 1.807) is 0 Å². The average Bonchev–Trinajstić information content (AvgIpc) is 3.94. The van der Waals surface area contributed by atoms with Crippen LogP contribution in [0, 0.1) is 0 Å². The summed E-state index contributed by atoms with van der Waals surface area (Å²) >= 11 is 0. The first-order valence-electron chi connectivity index (χ1n) is 18.9. The van der Waals surface area contributed by atoms with Gasteiger partial charge in [0, 0.05) is 52.9 Å². The van der Waals surface area contributed by atoms with E-state index in [4.69, 9.17) is 45.5 Å². The van der Waals surface area contributed by atoms with Gasteiger partial charge in [-0.05, 0) is 107 Å². The van der Waals surface area contributed by atoms with Gasteiger partial charge in [-0.25, -0.2) is 0 Å². The van der Waals surface area contributed by atoms with Gasteiger partial charge in [-0.1, -0.05) is 12.8 Å². The average molecular weight is 737 g/mol. The summed E-state index contributed by atoms with van der Waals surface area (Å²) in [6, 6.07) is 6.77. The quantitative estimate of drug-likeness (QED) is 0.0602. The van der Waals surface area contributed by atoms with Gasteiger partial charge in [-0.2, -0.15) is 0 Å². The normalized spacial score (nSPS) is 34.7. The molecule has 0 aromatic heterocycles. The van der Waals surface area contributed by atoms with E-state index >= 15 is 0 Å². The third-order valence-corrected chi connectivity index (χ3v) is 27.0. The minimum absolute atomic E-state index is 0.331. The van der Waals surface area contributed by atoms with E-state index in [9.17, 15) is 0 Å². The van der Waals surface area contributed by atoms with Crippen LogP contribution < -0.4 is 0 Å². The monoisotopic (exact) mass is 736 g/mol. The predicted octanol–water partition coefficient (Wildman–Crippen LogP) is 6.75. The largest absolute Gasteiger partial charge is 0.436 e. The summed E-state index contributed by atoms with van der Waals surface area (Å²) in [5.41, 5.74) is 0. The highest BCUT2D eigenvalue weighted by Gasteiger charge is 2.43. The van der Waals surface area contributed by atoms with Crippen molar-refractivity contribution in [1.29, 1.82) is 0 Å². The zero-order valence-electron chi connectivity index (χ0n) is 30.3. The lowest BCUT2D eigenvalue weighted by Crippen LogP contribution is -2.51. The molecule has 0 aromatic carbocycles. The van der Waals surface area contributed by atoms with Crippen molar-refractivity contribution < 1.29 is 45.5 Å². The fraction of sp³-hybridized carbons (Fsp3) is 1.00. The van der Waals surface area contributed by atoms with Crippen molar-refractivity contribution >= 4 is 33.8 Å². The van der Waals surface area contributed by atoms with E-state index in [1.165, 1.54) is 24.9 Å². The maximum atomic E-state index is 6.98. The van der Waals surface area contributed by atoms with Crippen molar-refractivity contribution in [2.24, 2.45) is 0 Å². The molecular weight excluding hydrogens is 669 g/mol. The second kappa shape index (κ2) is 21.1. The van der Waals surface area contributed by atoms with Gasteiger partial charge in [0.15, 0.2) is 16.6 Å². The highest BCUT2D eigenvalue weighted by molar-refractivity contribution is 6.84. The third-order valence-electron chi connectivity index (χ3n) is 9.76. The van der Waals surface area contributed by atoms with Gasteiger partial charge in [0.05, 0.1) is 26.4 Å². The van der Waals surface area contributed by atoms with Crippen LogP contribution in [0.1, 0.15) is 57.8 Å². The molecule has 10 nitrogen and oxygen atoms in total. The smallest absolute Gasteiger partial charge is 0.324 e. The van der Waals surface area contributed by atoms with Crippen LogP contribution in [-0.4, -0.2) is 125 Å². The van der Waals surface area contributed by atoms with Gasteiger partial charge in [-0.3, -0.25) is 0 Å². The molecule has 4 heterocycles. The highest BCUT2D eigenvalue weighted by atomic mass is 28.4. The Labute approximate surface area is 290 Å². The van der Waals surface area contributed by atoms with Crippen LogP contribution in [0.25, 0.3) is 0 Å². The van der Waals surface area contributed by atoms with Crippen LogP contribution in [0.4, 0.5) is 0 Å². The Hall–Kier alpha value is 0.468. The lowest BCUT2D eigenvalue weighted by molar-refractivity contribution is 0.0819. The summed E-state index contributed by atoms with van der Waals surface area (Å²) in [5.74, 6) is 0. The number of hydrogen-bond donors (Lipinski definition) is 0. The van der Waals surface area contributed by atoms with Gasteiger partial charge < -0.3 is 45.5 Å². The van der Waals surface area contributed by atoms with Crippen molar-refractivity contribution in [2.75, 3.05) is 79.3 Å². The number of ether oxygens (including phenoxy) is 6. The topological polar surface area (TPSA) is 98.9 Å². The molecule has 0 aliphatic carbocycles. The molecule has 0 radical (unpaired) electrons. The molecular formula is C33H68O10Si4. The highest BCUT2D eigenvalue weighted by Crippen LogP contribution is 2.33. The van der Waals surface area contributed by atoms with Crippen molar-refractivity contribution in [1.82, 2.24) is 0 Å². The molecule has 0 amide bonds. The number of epoxide rings is 2. The second-order valence-electron chi connectivity index (χ2n) is 15.0. The molecule has 14 heteroatoms. The number of rotatable bonds is 24. The van der Waals surface area contributed by atoms with Gasteiger partial charge in [0.2, 0.25) is 0 Å². The Morgan fingerprint density at radius 1 is 0.489 bits per heavy atom. The van der Waals surface area contributed by atoms with E-state index in [-0.39, 0.29) is 0 Å². The fourth-order valence-corrected chi connectivity index (χ4v) is 25.4. The summed E-state index contributed by atoms with van der Waals surface area (Å²) in [5, 5.41) is 0. The van der Waals surface area contributed by atoms with Crippen molar-refractivity contribution in [3.63, 3.8) is 0 Å². The van der Waals surface area contributed by atoms with E-state index in [0.29, 0.717) is 12.2 Å². The summed E-state index contributed by atoms with van der Waals surface area (Å²) in [4.78, 5) is 0. The van der Waals surface area contributed by atoms with Crippen LogP contribution >= 0.6 is 0 Å². The first-order valence-corrected chi connectivity index (χ1v) is 29.6. The lowest BCUT2D eigenvalue weighted by Gasteiger charge is -2.40. The summed E-state index contributed by atoms with van der Waals surface area (Å²) in [6.45, 7) is 18.9. The molecule has 47 heavy (non-hydrogen) atoms. The van der Waals surface area contributed by atoms with Crippen LogP contribution in [0.15, 0.2) is 0 Å². The SMILES string of the molecule is C[Si]1(CCCOCC2CO2)CCCCO[Si](C)(CCCOCCCOCCC[Si]2(C)CCCCO[Si](C)(CCCOCC3CO3)O2)O1. The van der Waals surface area contributed by atoms with Crippen LogP contribution in [0.3, 0.4) is 0 Å². The Balaban J connectivity index is 1.02. The van der Waals surface area contributed by atoms with Gasteiger partial charge in [0.1, 0.15) is 12.2 Å². The van der Waals surface area contributed by atoms with E-state index in [1.807, 2.05) is 0 Å². The zero-order valence-corrected chi connectivity index (χ0v) is 34.3. The molecule has 4 aliphatic heterocycles. The third kappa shape index (κ3) is 17.5. The van der Waals surface area contributed by atoms with E-state index < -0.39 is 33.8 Å². The summed E-state index contributed by atoms with van der Waals surface area (Å²) < 4.78 is 60.8. The van der Waals surface area contributed by atoms with E-state index in [0.717, 1.165) is 148 Å².